The van der Waals surface area contributed by atoms with E-state index in [1.165, 1.54) is 30.5 Å². The number of hydrogen-bond donors (Lipinski definition) is 0. The summed E-state index contributed by atoms with van der Waals surface area (Å²) in [6.07, 6.45) is 2.72. The fourth-order valence-corrected chi connectivity index (χ4v) is 1.78. The number of hydrogen-bond acceptors (Lipinski definition) is 1. The Labute approximate surface area is 77.5 Å². The van der Waals surface area contributed by atoms with Crippen LogP contribution in [0.15, 0.2) is 0 Å². The second kappa shape index (κ2) is 3.28. The molecule has 1 fully saturated rings. The monoisotopic (exact) mass is 219 g/mol. The summed E-state index contributed by atoms with van der Waals surface area (Å²) in [5.74, 6) is 0. The zero-order valence-electron chi connectivity index (χ0n) is 7.68. The van der Waals surface area contributed by atoms with Gasteiger partial charge in [-0.05, 0) is 0 Å². The Bertz CT molecular complexity index is 151. The van der Waals surface area contributed by atoms with Gasteiger partial charge in [0.2, 0.25) is 0 Å². The zero-order valence-corrected chi connectivity index (χ0v) is 9.40. The zero-order chi connectivity index (χ0) is 8.48. The van der Waals surface area contributed by atoms with E-state index in [2.05, 4.69) is 41.2 Å². The molecule has 0 aliphatic carbocycles. The van der Waals surface area contributed by atoms with Crippen molar-refractivity contribution >= 4 is 20.1 Å². The minimum atomic E-state index is 0.310. The van der Waals surface area contributed by atoms with Crippen molar-refractivity contribution < 1.29 is 0 Å². The second-order valence-electron chi connectivity index (χ2n) is 4.25. The normalized spacial score (nSPS) is 19.0. The summed E-state index contributed by atoms with van der Waals surface area (Å²) in [7, 11) is 0. The van der Waals surface area contributed by atoms with E-state index in [1.807, 2.05) is 0 Å². The first-order valence-electron chi connectivity index (χ1n) is 4.31. The fraction of sp³-hybridized carbons (Fsp3) is 0.889. The van der Waals surface area contributed by atoms with Gasteiger partial charge in [-0.2, -0.15) is 0 Å². The molecule has 0 aromatic carbocycles. The Morgan fingerprint density at radius 1 is 1.18 bits per heavy atom. The Balaban J connectivity index is 2.53. The molecular formula is C9H17NSe. The first kappa shape index (κ1) is 9.28. The molecule has 0 saturated carbocycles. The first-order valence-corrected chi connectivity index (χ1v) is 5.17. The molecule has 0 radical (unpaired) electrons. The number of rotatable bonds is 1. The van der Waals surface area contributed by atoms with Crippen LogP contribution in [-0.2, 0) is 0 Å². The summed E-state index contributed by atoms with van der Waals surface area (Å²) < 4.78 is 1.43. The van der Waals surface area contributed by atoms with Gasteiger partial charge in [0.05, 0.1) is 0 Å². The van der Waals surface area contributed by atoms with Crippen LogP contribution < -0.4 is 0 Å². The Hall–Kier alpha value is 0.189. The van der Waals surface area contributed by atoms with Crippen molar-refractivity contribution in [1.29, 1.82) is 0 Å². The molecule has 0 bridgehead atoms. The predicted molar refractivity (Wildman–Crippen MR) is 51.0 cm³/mol. The molecule has 1 aliphatic heterocycles. The Morgan fingerprint density at radius 3 is 2.00 bits per heavy atom. The molecule has 11 heavy (non-hydrogen) atoms. The van der Waals surface area contributed by atoms with Crippen LogP contribution in [0.3, 0.4) is 0 Å². The molecule has 0 N–H and O–H groups in total. The van der Waals surface area contributed by atoms with Gasteiger partial charge < -0.3 is 0 Å². The van der Waals surface area contributed by atoms with Crippen molar-refractivity contribution in [2.45, 2.75) is 33.6 Å². The van der Waals surface area contributed by atoms with Gasteiger partial charge in [0.1, 0.15) is 0 Å². The van der Waals surface area contributed by atoms with Gasteiger partial charge in [0.15, 0.2) is 0 Å². The Morgan fingerprint density at radius 2 is 1.64 bits per heavy atom. The predicted octanol–water partition coefficient (Wildman–Crippen LogP) is 1.43. The third-order valence-electron chi connectivity index (χ3n) is 2.03. The quantitative estimate of drug-likeness (QED) is 0.602. The molecule has 0 amide bonds. The van der Waals surface area contributed by atoms with Crippen molar-refractivity contribution in [3.8, 4) is 0 Å². The summed E-state index contributed by atoms with van der Waals surface area (Å²) in [6.45, 7) is 9.28. The maximum absolute atomic E-state index is 3.20. The van der Waals surface area contributed by atoms with Gasteiger partial charge >= 0.3 is 77.1 Å². The third-order valence-corrected chi connectivity index (χ3v) is 3.86. The molecule has 0 aromatic heterocycles. The molecule has 1 aliphatic rings. The molecule has 1 rings (SSSR count). The van der Waals surface area contributed by atoms with Crippen LogP contribution in [-0.4, -0.2) is 38.1 Å². The van der Waals surface area contributed by atoms with Crippen molar-refractivity contribution in [2.24, 2.45) is 5.41 Å². The van der Waals surface area contributed by atoms with E-state index in [0.717, 1.165) is 0 Å². The van der Waals surface area contributed by atoms with Gasteiger partial charge in [-0.25, -0.2) is 0 Å². The van der Waals surface area contributed by atoms with E-state index in [4.69, 9.17) is 0 Å². The van der Waals surface area contributed by atoms with E-state index in [1.54, 1.807) is 0 Å². The van der Waals surface area contributed by atoms with Crippen LogP contribution in [0.1, 0.15) is 33.6 Å². The molecule has 2 heteroatoms. The minimum absolute atomic E-state index is 0.310. The van der Waals surface area contributed by atoms with Crippen molar-refractivity contribution in [3.63, 3.8) is 0 Å². The first-order chi connectivity index (χ1) is 5.02. The van der Waals surface area contributed by atoms with E-state index < -0.39 is 0 Å². The summed E-state index contributed by atoms with van der Waals surface area (Å²) in [5.41, 5.74) is 0.310. The van der Waals surface area contributed by atoms with Crippen LogP contribution in [0.4, 0.5) is 0 Å². The molecule has 64 valence electrons. The Kier molecular flexibility index (Phi) is 2.77. The maximum atomic E-state index is 3.20. The van der Waals surface area contributed by atoms with Crippen molar-refractivity contribution in [2.75, 3.05) is 13.1 Å². The average molecular weight is 218 g/mol. The summed E-state index contributed by atoms with van der Waals surface area (Å²) in [6, 6.07) is 0. The van der Waals surface area contributed by atoms with Gasteiger partial charge in [-0.1, -0.05) is 0 Å². The standard InChI is InChI=1S/C9H17NSe/c1-9(2,3)8(11)10-6-4-5-7-10/h4-7H2,1-3H3. The van der Waals surface area contributed by atoms with Gasteiger partial charge in [0, 0.05) is 0 Å². The van der Waals surface area contributed by atoms with Gasteiger partial charge in [-0.15, -0.1) is 0 Å². The molecule has 0 aromatic rings. The molecular weight excluding hydrogens is 201 g/mol. The topological polar surface area (TPSA) is 3.24 Å². The van der Waals surface area contributed by atoms with Crippen molar-refractivity contribution in [3.05, 3.63) is 0 Å². The third kappa shape index (κ3) is 2.31. The number of likely N-dealkylation sites (tertiary alicyclic amines) is 1. The summed E-state index contributed by atoms with van der Waals surface area (Å²) >= 11 is 3.20. The summed E-state index contributed by atoms with van der Waals surface area (Å²) in [4.78, 5) is 2.47. The molecule has 1 saturated heterocycles. The molecule has 1 heterocycles. The SMILES string of the molecule is CC(C)(C)C(=[Se])N1CCCC1. The van der Waals surface area contributed by atoms with E-state index >= 15 is 0 Å². The van der Waals surface area contributed by atoms with Crippen LogP contribution >= 0.6 is 0 Å². The average Bonchev–Trinajstić information content (AvgIpc) is 2.34. The molecule has 0 unspecified atom stereocenters. The summed E-state index contributed by atoms with van der Waals surface area (Å²) in [5, 5.41) is 0. The van der Waals surface area contributed by atoms with Crippen LogP contribution in [0.2, 0.25) is 0 Å². The number of nitrogens with zero attached hydrogens (tertiary/aromatic N) is 1. The fourth-order valence-electron chi connectivity index (χ4n) is 1.39. The molecule has 1 nitrogen and oxygen atoms in total. The van der Waals surface area contributed by atoms with Crippen LogP contribution in [0, 0.1) is 5.41 Å². The second-order valence-corrected chi connectivity index (χ2v) is 5.06. The van der Waals surface area contributed by atoms with Gasteiger partial charge in [0.25, 0.3) is 0 Å². The van der Waals surface area contributed by atoms with E-state index in [-0.39, 0.29) is 0 Å². The van der Waals surface area contributed by atoms with Crippen molar-refractivity contribution in [1.82, 2.24) is 4.90 Å². The van der Waals surface area contributed by atoms with E-state index in [9.17, 15) is 0 Å². The molecule has 0 atom stereocenters. The van der Waals surface area contributed by atoms with Crippen LogP contribution in [0.5, 0.6) is 0 Å². The van der Waals surface area contributed by atoms with E-state index in [0.29, 0.717) is 5.41 Å². The van der Waals surface area contributed by atoms with Crippen LogP contribution in [0.25, 0.3) is 0 Å². The van der Waals surface area contributed by atoms with Gasteiger partial charge in [-0.3, -0.25) is 0 Å². The molecule has 0 spiro atoms.